The highest BCUT2D eigenvalue weighted by Crippen LogP contribution is 2.41. The van der Waals surface area contributed by atoms with E-state index in [0.717, 1.165) is 71.2 Å². The van der Waals surface area contributed by atoms with Crippen molar-refractivity contribution in [3.05, 3.63) is 279 Å². The number of hydrogen-bond donors (Lipinski definition) is 0. The largest absolute Gasteiger partial charge is 0.309 e. The average Bonchev–Trinajstić information content (AvgIpc) is 4.22. The number of aromatic nitrogens is 6. The first-order valence-corrected chi connectivity index (χ1v) is 27.4. The highest BCUT2D eigenvalue weighted by molar-refractivity contribution is 7.19. The topological polar surface area (TPSA) is 53.5 Å². The molecule has 76 heavy (non-hydrogen) atoms. The molecule has 0 fully saturated rings. The first kappa shape index (κ1) is 38.6. The third-order valence-corrected chi connectivity index (χ3v) is 19.9. The lowest BCUT2D eigenvalue weighted by atomic mass is 10.1. The maximum Gasteiger partial charge on any atom is 0.238 e. The third kappa shape index (κ3) is 6.69. The molecule has 4 heterocycles. The van der Waals surface area contributed by atoms with Crippen LogP contribution in [0.5, 0.6) is 0 Å². The normalized spacial score (nSPS) is 12.9. The Kier molecular flexibility index (Phi) is 8.96. The van der Waals surface area contributed by atoms with E-state index in [9.17, 15) is 2.74 Å². The van der Waals surface area contributed by atoms with Crippen LogP contribution in [0, 0.1) is 0 Å². The molecule has 0 aliphatic rings. The Morgan fingerprint density at radius 3 is 1.36 bits per heavy atom. The Bertz CT molecular complexity index is 4840. The van der Waals surface area contributed by atoms with Crippen molar-refractivity contribution in [3.63, 3.8) is 0 Å². The van der Waals surface area contributed by atoms with Crippen molar-refractivity contribution >= 4 is 94.2 Å². The van der Waals surface area contributed by atoms with Gasteiger partial charge in [-0.3, -0.25) is 4.57 Å². The second kappa shape index (κ2) is 17.6. The lowest BCUT2D eigenvalue weighted by molar-refractivity contribution is 0.950. The van der Waals surface area contributed by atoms with E-state index in [1.807, 2.05) is 42.5 Å². The molecule has 6 nitrogen and oxygen atoms in total. The van der Waals surface area contributed by atoms with Gasteiger partial charge in [0.15, 0.2) is 19.7 Å². The smallest absolute Gasteiger partial charge is 0.238 e. The molecule has 0 aliphatic carbocycles. The van der Waals surface area contributed by atoms with E-state index < -0.39 is 38.3 Å². The van der Waals surface area contributed by atoms with Gasteiger partial charge in [0.25, 0.3) is 0 Å². The van der Waals surface area contributed by atoms with Gasteiger partial charge in [0.2, 0.25) is 5.95 Å². The van der Waals surface area contributed by atoms with Gasteiger partial charge in [0.1, 0.15) is 0 Å². The summed E-state index contributed by atoms with van der Waals surface area (Å²) in [5, 5.41) is 11.1. The number of hydrogen-bond acceptors (Lipinski definition) is 3. The van der Waals surface area contributed by atoms with Crippen LogP contribution in [0.25, 0.3) is 106 Å². The van der Waals surface area contributed by atoms with E-state index in [1.165, 1.54) is 26.3 Å². The molecule has 0 unspecified atom stereocenters. The quantitative estimate of drug-likeness (QED) is 0.107. The van der Waals surface area contributed by atoms with Gasteiger partial charge >= 0.3 is 0 Å². The molecule has 0 N–H and O–H groups in total. The van der Waals surface area contributed by atoms with Crippen molar-refractivity contribution in [1.82, 2.24) is 28.7 Å². The first-order valence-electron chi connectivity index (χ1n) is 27.9. The van der Waals surface area contributed by atoms with Crippen LogP contribution in [0.4, 0.5) is 0 Å². The van der Waals surface area contributed by atoms with Crippen molar-refractivity contribution in [2.45, 2.75) is 0 Å². The van der Waals surface area contributed by atoms with E-state index in [4.69, 9.17) is 19.1 Å². The van der Waals surface area contributed by atoms with Crippen LogP contribution in [0.1, 0.15) is 6.85 Å². The number of rotatable bonds is 9. The van der Waals surface area contributed by atoms with Gasteiger partial charge in [-0.05, 0) is 69.3 Å². The van der Waals surface area contributed by atoms with Gasteiger partial charge < -0.3 is 9.13 Å². The predicted molar refractivity (Wildman–Crippen MR) is 317 cm³/mol. The maximum atomic E-state index is 9.30. The van der Waals surface area contributed by atoms with Crippen LogP contribution in [0.2, 0.25) is 0 Å². The molecule has 11 aromatic carbocycles. The Morgan fingerprint density at radius 2 is 0.763 bits per heavy atom. The standard InChI is InChI=1S/C69H46N6Si/c1-5-23-47(24-6-1)67-70-68(48-25-21-32-53(45-48)76(50-26-7-2-8-27-50,51-28-9-3-10-29-51)52-30-11-4-12-31-52)72-69(71-67)75-63-41-20-15-35-56(63)58-37-22-42-65(66(58)75)74-62-40-19-16-36-57(62)59-46-49(43-44-64(59)74)73-60-38-17-13-33-54(60)55-34-14-18-39-61(55)73/h1-46H/i1D,5D,6D,23D,24D. The van der Waals surface area contributed by atoms with Crippen LogP contribution in [-0.4, -0.2) is 36.7 Å². The molecular weight excluding hydrogens is 941 g/mol. The van der Waals surface area contributed by atoms with E-state index in [0.29, 0.717) is 5.56 Å². The molecular formula is C69H46N6Si. The minimum Gasteiger partial charge on any atom is -0.309 e. The van der Waals surface area contributed by atoms with E-state index in [1.54, 1.807) is 0 Å². The molecule has 0 atom stereocenters. The Balaban J connectivity index is 1.01. The summed E-state index contributed by atoms with van der Waals surface area (Å²) in [7, 11) is -3.06. The van der Waals surface area contributed by atoms with Crippen molar-refractivity contribution in [2.75, 3.05) is 0 Å². The van der Waals surface area contributed by atoms with Gasteiger partial charge in [0, 0.05) is 49.1 Å². The number of nitrogens with zero attached hydrogens (tertiary/aromatic N) is 6. The van der Waals surface area contributed by atoms with Crippen LogP contribution >= 0.6 is 0 Å². The Hall–Kier alpha value is -9.95. The molecule has 0 aliphatic heterocycles. The molecule has 15 aromatic rings. The number of para-hydroxylation sites is 5. The zero-order valence-corrected chi connectivity index (χ0v) is 41.9. The summed E-state index contributed by atoms with van der Waals surface area (Å²) in [6.07, 6.45) is 0. The minimum atomic E-state index is -3.06. The fourth-order valence-electron chi connectivity index (χ4n) is 12.0. The summed E-state index contributed by atoms with van der Waals surface area (Å²) < 4.78 is 51.6. The summed E-state index contributed by atoms with van der Waals surface area (Å²) in [6.45, 7) is 0. The monoisotopic (exact) mass is 991 g/mol. The highest BCUT2D eigenvalue weighted by Gasteiger charge is 2.41. The molecule has 0 bridgehead atoms. The Labute approximate surface area is 446 Å². The maximum absolute atomic E-state index is 9.30. The molecule has 0 spiro atoms. The van der Waals surface area contributed by atoms with Gasteiger partial charge in [-0.15, -0.1) is 0 Å². The third-order valence-electron chi connectivity index (χ3n) is 15.1. The fraction of sp³-hybridized carbons (Fsp3) is 0. The number of fused-ring (bicyclic) bond motifs is 9. The molecule has 0 saturated heterocycles. The van der Waals surface area contributed by atoms with Crippen molar-refractivity contribution < 1.29 is 6.85 Å². The van der Waals surface area contributed by atoms with Crippen LogP contribution in [-0.2, 0) is 0 Å². The zero-order valence-electron chi connectivity index (χ0n) is 45.9. The minimum absolute atomic E-state index is 0.0482. The summed E-state index contributed by atoms with van der Waals surface area (Å²) in [6, 6.07) is 85.1. The van der Waals surface area contributed by atoms with E-state index in [2.05, 4.69) is 220 Å². The van der Waals surface area contributed by atoms with Crippen LogP contribution in [0.3, 0.4) is 0 Å². The first-order chi connectivity index (χ1) is 39.8. The lowest BCUT2D eigenvalue weighted by Crippen LogP contribution is -2.74. The molecule has 0 radical (unpaired) electrons. The van der Waals surface area contributed by atoms with Gasteiger partial charge in [0.05, 0.1) is 45.6 Å². The number of benzene rings is 11. The second-order valence-corrected chi connectivity index (χ2v) is 23.0. The summed E-state index contributed by atoms with van der Waals surface area (Å²) in [5.41, 5.74) is 8.38. The summed E-state index contributed by atoms with van der Waals surface area (Å²) >= 11 is 0. The zero-order chi connectivity index (χ0) is 54.5. The van der Waals surface area contributed by atoms with Crippen LogP contribution < -0.4 is 20.7 Å². The molecule has 0 amide bonds. The molecule has 4 aromatic heterocycles. The molecule has 15 rings (SSSR count). The van der Waals surface area contributed by atoms with Crippen molar-refractivity contribution in [2.24, 2.45) is 0 Å². The van der Waals surface area contributed by atoms with Crippen molar-refractivity contribution in [3.8, 4) is 40.1 Å². The van der Waals surface area contributed by atoms with Gasteiger partial charge in [-0.1, -0.05) is 230 Å². The molecule has 356 valence electrons. The SMILES string of the molecule is [2H]c1c([2H])c([2H])c(-c2nc(-c3cccc([Si](c4ccccc4)(c4ccccc4)c4ccccc4)c3)nc(-n3c4ccccc4c4cccc(-n5c6ccccc6c6cc(-n7c8ccccc8c8ccccc87)ccc65)c43)n2)c([2H])c1[2H]. The molecule has 7 heteroatoms. The molecule has 0 saturated carbocycles. The van der Waals surface area contributed by atoms with Gasteiger partial charge in [-0.2, -0.15) is 9.97 Å². The highest BCUT2D eigenvalue weighted by atomic mass is 28.3. The Morgan fingerprint density at radius 1 is 0.316 bits per heavy atom. The fourth-order valence-corrected chi connectivity index (χ4v) is 16.8. The van der Waals surface area contributed by atoms with E-state index in [-0.39, 0.29) is 23.2 Å². The van der Waals surface area contributed by atoms with Crippen molar-refractivity contribution in [1.29, 1.82) is 0 Å². The average molecular weight is 992 g/mol. The predicted octanol–water partition coefficient (Wildman–Crippen LogP) is 13.9. The lowest BCUT2D eigenvalue weighted by Gasteiger charge is -2.34. The summed E-state index contributed by atoms with van der Waals surface area (Å²) in [4.78, 5) is 15.8. The summed E-state index contributed by atoms with van der Waals surface area (Å²) in [5.74, 6) is 0.449. The van der Waals surface area contributed by atoms with Gasteiger partial charge in [-0.25, -0.2) is 4.98 Å². The van der Waals surface area contributed by atoms with Crippen LogP contribution in [0.15, 0.2) is 279 Å². The second-order valence-electron chi connectivity index (χ2n) is 19.2. The van der Waals surface area contributed by atoms with E-state index >= 15 is 0 Å².